The number of aliphatic hydroxyl groups excluding tert-OH is 1. The number of nitrogens with zero attached hydrogens (tertiary/aromatic N) is 3. The topological polar surface area (TPSA) is 81.2 Å². The Morgan fingerprint density at radius 1 is 1.05 bits per heavy atom. The zero-order valence-electron chi connectivity index (χ0n) is 25.3. The maximum Gasteiger partial charge on any atom is 0.247 e. The molecule has 3 aliphatic heterocycles. The van der Waals surface area contributed by atoms with Gasteiger partial charge in [0.05, 0.1) is 29.2 Å². The minimum Gasteiger partial charge on any atom is -0.394 e. The lowest BCUT2D eigenvalue weighted by Crippen LogP contribution is -2.58. The Labute approximate surface area is 273 Å². The number of hydrogen-bond acceptors (Lipinski definition) is 5. The third-order valence-electron chi connectivity index (χ3n) is 9.20. The van der Waals surface area contributed by atoms with E-state index in [1.54, 1.807) is 38.6 Å². The first-order chi connectivity index (χ1) is 21.3. The molecule has 1 N–H and O–H groups in total. The summed E-state index contributed by atoms with van der Waals surface area (Å²) >= 11 is 5.51. The number of rotatable bonds is 14. The predicted octanol–water partition coefficient (Wildman–Crippen LogP) is 4.69. The van der Waals surface area contributed by atoms with Crippen LogP contribution in [0.2, 0.25) is 0 Å². The Morgan fingerprint density at radius 2 is 1.66 bits per heavy atom. The molecule has 3 fully saturated rings. The smallest absolute Gasteiger partial charge is 0.247 e. The van der Waals surface area contributed by atoms with Crippen LogP contribution in [0.1, 0.15) is 30.9 Å². The van der Waals surface area contributed by atoms with Crippen molar-refractivity contribution >= 4 is 45.4 Å². The van der Waals surface area contributed by atoms with Gasteiger partial charge in [-0.05, 0) is 30.4 Å². The van der Waals surface area contributed by atoms with Crippen molar-refractivity contribution in [2.75, 3.05) is 26.2 Å². The van der Waals surface area contributed by atoms with Crippen molar-refractivity contribution in [2.24, 2.45) is 11.8 Å². The van der Waals surface area contributed by atoms with E-state index < -0.39 is 28.7 Å². The lowest BCUT2D eigenvalue weighted by atomic mass is 9.70. The van der Waals surface area contributed by atoms with Crippen LogP contribution in [-0.4, -0.2) is 90.7 Å². The second kappa shape index (κ2) is 14.0. The minimum absolute atomic E-state index is 0.0309. The van der Waals surface area contributed by atoms with Crippen LogP contribution in [0.25, 0.3) is 0 Å². The first kappa shape index (κ1) is 32.5. The molecule has 0 aromatic heterocycles. The molecule has 44 heavy (non-hydrogen) atoms. The van der Waals surface area contributed by atoms with Crippen LogP contribution in [0.3, 0.4) is 0 Å². The summed E-state index contributed by atoms with van der Waals surface area (Å²) in [6, 6.07) is 18.1. The van der Waals surface area contributed by atoms with Crippen molar-refractivity contribution in [1.29, 1.82) is 0 Å². The van der Waals surface area contributed by atoms with Crippen LogP contribution in [-0.2, 0) is 27.3 Å². The van der Waals surface area contributed by atoms with E-state index in [1.165, 1.54) is 0 Å². The number of aliphatic hydroxyl groups is 1. The van der Waals surface area contributed by atoms with Crippen molar-refractivity contribution in [3.63, 3.8) is 0 Å². The van der Waals surface area contributed by atoms with E-state index in [1.807, 2.05) is 67.6 Å². The molecule has 0 aliphatic carbocycles. The van der Waals surface area contributed by atoms with Gasteiger partial charge in [-0.25, -0.2) is 0 Å². The van der Waals surface area contributed by atoms with Crippen LogP contribution < -0.4 is 0 Å². The molecule has 3 aliphatic rings. The highest BCUT2D eigenvalue weighted by molar-refractivity contribution is 9.09. The van der Waals surface area contributed by atoms with E-state index in [-0.39, 0.29) is 34.4 Å². The molecular weight excluding hydrogens is 638 g/mol. The van der Waals surface area contributed by atoms with Gasteiger partial charge in [0, 0.05) is 36.3 Å². The van der Waals surface area contributed by atoms with Crippen LogP contribution in [0.15, 0.2) is 86.0 Å². The van der Waals surface area contributed by atoms with Gasteiger partial charge in [-0.1, -0.05) is 95.7 Å². The molecule has 3 unspecified atom stereocenters. The summed E-state index contributed by atoms with van der Waals surface area (Å²) in [7, 11) is 0. The van der Waals surface area contributed by atoms with Crippen LogP contribution >= 0.6 is 27.7 Å². The third-order valence-corrected chi connectivity index (χ3v) is 12.4. The molecule has 5 rings (SSSR count). The van der Waals surface area contributed by atoms with E-state index in [4.69, 9.17) is 0 Å². The zero-order chi connectivity index (χ0) is 31.4. The largest absolute Gasteiger partial charge is 0.394 e. The first-order valence-electron chi connectivity index (χ1n) is 15.4. The molecule has 2 aromatic carbocycles. The second-order valence-corrected chi connectivity index (χ2v) is 14.7. The number of fused-ring (bicyclic) bond motifs is 1. The Bertz CT molecular complexity index is 1360. The fourth-order valence-electron chi connectivity index (χ4n) is 7.45. The number of halogens is 1. The van der Waals surface area contributed by atoms with E-state index >= 15 is 0 Å². The molecule has 234 valence electrons. The number of likely N-dealkylation sites (tertiary alicyclic amines) is 1. The fourth-order valence-corrected chi connectivity index (χ4v) is 11.0. The fraction of sp³-hybridized carbons (Fsp3) is 0.457. The monoisotopic (exact) mass is 679 g/mol. The summed E-state index contributed by atoms with van der Waals surface area (Å²) in [5, 5.41) is 10.7. The van der Waals surface area contributed by atoms with E-state index in [9.17, 15) is 19.5 Å². The van der Waals surface area contributed by atoms with Gasteiger partial charge in [0.25, 0.3) is 0 Å². The van der Waals surface area contributed by atoms with Gasteiger partial charge in [0.1, 0.15) is 6.04 Å². The maximum absolute atomic E-state index is 14.9. The van der Waals surface area contributed by atoms with E-state index in [2.05, 4.69) is 29.1 Å². The average Bonchev–Trinajstić information content (AvgIpc) is 3.63. The van der Waals surface area contributed by atoms with Gasteiger partial charge < -0.3 is 19.8 Å². The Kier molecular flexibility index (Phi) is 10.4. The molecule has 2 aromatic rings. The average molecular weight is 681 g/mol. The van der Waals surface area contributed by atoms with Crippen LogP contribution in [0.5, 0.6) is 0 Å². The molecule has 1 spiro atoms. The Morgan fingerprint density at radius 3 is 2.25 bits per heavy atom. The first-order valence-corrected chi connectivity index (χ1v) is 17.2. The van der Waals surface area contributed by atoms with Gasteiger partial charge in [-0.3, -0.25) is 14.4 Å². The molecule has 0 radical (unpaired) electrons. The molecule has 3 heterocycles. The summed E-state index contributed by atoms with van der Waals surface area (Å²) in [6.07, 6.45) is 5.21. The standard InChI is InChI=1S/C35H42BrN3O4S/c1-4-17-37(18-5-2)32(41)28-29-33(42)39(26(23-40)20-24-13-9-7-10-14-24)31(35(29)21-27(36)30(28)44-35)34(43)38(19-6-3)22-25-15-11-8-12-16-25/h4,6-16,26-31,40H,1,3,5,17-23H2,2H3/t26-,27?,28-,29+,30-,31?,35?/m1/s1. The summed E-state index contributed by atoms with van der Waals surface area (Å²) in [6.45, 7) is 11.2. The van der Waals surface area contributed by atoms with E-state index in [0.29, 0.717) is 39.0 Å². The minimum atomic E-state index is -0.837. The summed E-state index contributed by atoms with van der Waals surface area (Å²) in [4.78, 5) is 49.1. The molecular formula is C35H42BrN3O4S. The van der Waals surface area contributed by atoms with Crippen molar-refractivity contribution < 1.29 is 19.5 Å². The van der Waals surface area contributed by atoms with E-state index in [0.717, 1.165) is 17.5 Å². The lowest BCUT2D eigenvalue weighted by molar-refractivity contribution is -0.147. The molecule has 9 heteroatoms. The summed E-state index contributed by atoms with van der Waals surface area (Å²) in [5.74, 6) is -1.68. The second-order valence-electron chi connectivity index (χ2n) is 12.0. The molecule has 3 amide bonds. The highest BCUT2D eigenvalue weighted by Gasteiger charge is 2.76. The number of hydrogen-bond donors (Lipinski definition) is 1. The van der Waals surface area contributed by atoms with Gasteiger partial charge in [0.2, 0.25) is 17.7 Å². The van der Waals surface area contributed by atoms with Crippen molar-refractivity contribution in [1.82, 2.24) is 14.7 Å². The quantitative estimate of drug-likeness (QED) is 0.232. The van der Waals surface area contributed by atoms with Crippen molar-refractivity contribution in [3.05, 3.63) is 97.1 Å². The van der Waals surface area contributed by atoms with Gasteiger partial charge in [-0.15, -0.1) is 24.9 Å². The summed E-state index contributed by atoms with van der Waals surface area (Å²) < 4.78 is -0.806. The number of carbonyl (C=O) groups is 3. The SMILES string of the molecule is C=CCN(Cc1ccccc1)C(=O)C1N([C@@H](CO)Cc2ccccc2)C(=O)[C@@H]2[C@@H](C(=O)N(CC=C)CCC)[C@@H]3SC12CC3Br. The van der Waals surface area contributed by atoms with Crippen molar-refractivity contribution in [2.45, 2.75) is 59.6 Å². The van der Waals surface area contributed by atoms with Gasteiger partial charge >= 0.3 is 0 Å². The molecule has 2 bridgehead atoms. The normalized spacial score (nSPS) is 27.6. The molecule has 7 atom stereocenters. The highest BCUT2D eigenvalue weighted by atomic mass is 79.9. The highest BCUT2D eigenvalue weighted by Crippen LogP contribution is 2.68. The van der Waals surface area contributed by atoms with Gasteiger partial charge in [0.15, 0.2) is 0 Å². The molecule has 7 nitrogen and oxygen atoms in total. The number of benzene rings is 2. The van der Waals surface area contributed by atoms with Gasteiger partial charge in [-0.2, -0.15) is 0 Å². The maximum atomic E-state index is 14.9. The number of amides is 3. The summed E-state index contributed by atoms with van der Waals surface area (Å²) in [5.41, 5.74) is 1.94. The number of thioether (sulfide) groups is 1. The lowest BCUT2D eigenvalue weighted by Gasteiger charge is -2.40. The Hall–Kier alpha value is -2.88. The Balaban J connectivity index is 1.59. The van der Waals surface area contributed by atoms with Crippen LogP contribution in [0, 0.1) is 11.8 Å². The predicted molar refractivity (Wildman–Crippen MR) is 179 cm³/mol. The third kappa shape index (κ3) is 5.90. The van der Waals surface area contributed by atoms with Crippen LogP contribution in [0.4, 0.5) is 0 Å². The van der Waals surface area contributed by atoms with Crippen molar-refractivity contribution in [3.8, 4) is 0 Å². The molecule has 3 saturated heterocycles. The number of alkyl halides is 1. The number of carbonyl (C=O) groups excluding carboxylic acids is 3. The zero-order valence-corrected chi connectivity index (χ0v) is 27.7. The molecule has 0 saturated carbocycles.